The molecule has 0 bridgehead atoms. The Morgan fingerprint density at radius 2 is 1.72 bits per heavy atom. The lowest BCUT2D eigenvalue weighted by Crippen LogP contribution is -2.31. The highest BCUT2D eigenvalue weighted by atomic mass is 16.5. The molecule has 8 heteroatoms. The highest BCUT2D eigenvalue weighted by Gasteiger charge is 2.45. The normalized spacial score (nSPS) is 17.0. The number of ketones is 1. The van der Waals surface area contributed by atoms with Gasteiger partial charge in [0.25, 0.3) is 11.7 Å². The monoisotopic (exact) mass is 488 g/mol. The highest BCUT2D eigenvalue weighted by molar-refractivity contribution is 6.46. The third-order valence-corrected chi connectivity index (χ3v) is 6.33. The Morgan fingerprint density at radius 1 is 0.944 bits per heavy atom. The van der Waals surface area contributed by atoms with Gasteiger partial charge >= 0.3 is 0 Å². The molecule has 1 amide bonds. The van der Waals surface area contributed by atoms with Crippen molar-refractivity contribution >= 4 is 17.4 Å². The predicted octanol–water partition coefficient (Wildman–Crippen LogP) is 4.75. The molecule has 1 atom stereocenters. The van der Waals surface area contributed by atoms with Gasteiger partial charge in [-0.15, -0.1) is 0 Å². The second-order valence-corrected chi connectivity index (χ2v) is 8.86. The van der Waals surface area contributed by atoms with E-state index >= 15 is 0 Å². The molecular weight excluding hydrogens is 456 g/mol. The van der Waals surface area contributed by atoms with E-state index in [0.717, 1.165) is 24.2 Å². The van der Waals surface area contributed by atoms with Crippen molar-refractivity contribution in [3.63, 3.8) is 0 Å². The van der Waals surface area contributed by atoms with E-state index < -0.39 is 17.7 Å². The summed E-state index contributed by atoms with van der Waals surface area (Å²) in [6, 6.07) is 9.98. The molecule has 3 aromatic rings. The number of pyridine rings is 1. The maximum atomic E-state index is 13.1. The number of carbonyl (C=O) groups excluding carboxylic acids is 2. The first-order chi connectivity index (χ1) is 17.6. The van der Waals surface area contributed by atoms with Crippen LogP contribution in [0.3, 0.4) is 0 Å². The minimum Gasteiger partial charge on any atom is -0.507 e. The maximum Gasteiger partial charge on any atom is 0.295 e. The molecule has 0 spiro atoms. The van der Waals surface area contributed by atoms with E-state index in [1.165, 1.54) is 25.2 Å². The van der Waals surface area contributed by atoms with E-state index in [2.05, 4.69) is 16.9 Å². The maximum absolute atomic E-state index is 13.1. The van der Waals surface area contributed by atoms with Crippen LogP contribution in [0.5, 0.6) is 5.75 Å². The topological polar surface area (TPSA) is 97.5 Å². The molecule has 4 rings (SSSR count). The van der Waals surface area contributed by atoms with Gasteiger partial charge in [-0.3, -0.25) is 14.6 Å². The molecule has 2 aromatic heterocycles. The summed E-state index contributed by atoms with van der Waals surface area (Å²) >= 11 is 0. The van der Waals surface area contributed by atoms with Gasteiger partial charge in [0, 0.05) is 43.4 Å². The van der Waals surface area contributed by atoms with Gasteiger partial charge in [-0.2, -0.15) is 0 Å². The molecule has 0 aliphatic carbocycles. The summed E-state index contributed by atoms with van der Waals surface area (Å²) in [6.07, 6.45) is 13.5. The number of carbonyl (C=O) groups is 2. The number of hydrogen-bond donors (Lipinski definition) is 1. The summed E-state index contributed by atoms with van der Waals surface area (Å²) in [7, 11) is 0. The number of aromatic nitrogens is 3. The quantitative estimate of drug-likeness (QED) is 0.171. The Hall–Kier alpha value is -3.94. The molecule has 188 valence electrons. The average Bonchev–Trinajstić information content (AvgIpc) is 3.51. The van der Waals surface area contributed by atoms with Gasteiger partial charge in [-0.1, -0.05) is 38.3 Å². The van der Waals surface area contributed by atoms with Crippen molar-refractivity contribution in [3.8, 4) is 5.75 Å². The molecule has 1 aromatic carbocycles. The van der Waals surface area contributed by atoms with Gasteiger partial charge in [0.15, 0.2) is 0 Å². The summed E-state index contributed by atoms with van der Waals surface area (Å²) in [4.78, 5) is 35.8. The Labute approximate surface area is 211 Å². The van der Waals surface area contributed by atoms with E-state index in [0.29, 0.717) is 31.7 Å². The van der Waals surface area contributed by atoms with Crippen LogP contribution in [0.25, 0.3) is 5.76 Å². The Morgan fingerprint density at radius 3 is 2.42 bits per heavy atom. The van der Waals surface area contributed by atoms with Crippen molar-refractivity contribution < 1.29 is 19.4 Å². The molecule has 1 aliphatic heterocycles. The van der Waals surface area contributed by atoms with Crippen LogP contribution in [0.4, 0.5) is 0 Å². The third kappa shape index (κ3) is 5.82. The lowest BCUT2D eigenvalue weighted by molar-refractivity contribution is -0.139. The van der Waals surface area contributed by atoms with E-state index in [-0.39, 0.29) is 11.3 Å². The number of aliphatic hydroxyl groups is 1. The second-order valence-electron chi connectivity index (χ2n) is 8.86. The number of unbranched alkanes of at least 4 members (excludes halogenated alkanes) is 3. The number of imidazole rings is 1. The van der Waals surface area contributed by atoms with E-state index in [1.54, 1.807) is 29.6 Å². The van der Waals surface area contributed by atoms with Gasteiger partial charge in [0.2, 0.25) is 0 Å². The summed E-state index contributed by atoms with van der Waals surface area (Å²) < 4.78 is 7.79. The summed E-state index contributed by atoms with van der Waals surface area (Å²) in [6.45, 7) is 3.84. The Bertz CT molecular complexity index is 1170. The molecule has 1 saturated heterocycles. The van der Waals surface area contributed by atoms with Crippen LogP contribution in [0, 0.1) is 0 Å². The molecular formula is C28H32N4O4. The fraction of sp³-hybridized carbons (Fsp3) is 0.357. The number of aryl methyl sites for hydroxylation is 1. The summed E-state index contributed by atoms with van der Waals surface area (Å²) in [5.74, 6) is -0.763. The van der Waals surface area contributed by atoms with E-state index in [9.17, 15) is 14.7 Å². The number of Topliss-reactive ketones (excluding diaryl/α,β-unsaturated/α-hetero) is 1. The Kier molecular flexibility index (Phi) is 8.49. The van der Waals surface area contributed by atoms with Gasteiger partial charge in [0.05, 0.1) is 24.5 Å². The first-order valence-corrected chi connectivity index (χ1v) is 12.5. The van der Waals surface area contributed by atoms with Gasteiger partial charge < -0.3 is 19.3 Å². The standard InChI is InChI=1S/C28H32N4O4/c1-2-3-4-5-19-36-23-9-7-21(8-10-23)25-24(26(33)22-11-13-29-14-12-22)27(34)28(35)32(25)17-6-16-31-18-15-30-20-31/h7-15,18,20,25,33H,2-6,16-17,19H2,1H3/b26-24+. The van der Waals surface area contributed by atoms with Crippen molar-refractivity contribution in [2.45, 2.75) is 51.6 Å². The van der Waals surface area contributed by atoms with Crippen LogP contribution in [0.1, 0.15) is 56.2 Å². The number of benzene rings is 1. The fourth-order valence-electron chi connectivity index (χ4n) is 4.43. The number of nitrogens with zero attached hydrogens (tertiary/aromatic N) is 4. The molecule has 0 saturated carbocycles. The van der Waals surface area contributed by atoms with Crippen molar-refractivity contribution in [3.05, 3.63) is 84.2 Å². The van der Waals surface area contributed by atoms with Gasteiger partial charge in [0.1, 0.15) is 11.5 Å². The molecule has 1 unspecified atom stereocenters. The smallest absolute Gasteiger partial charge is 0.295 e. The summed E-state index contributed by atoms with van der Waals surface area (Å²) in [5.41, 5.74) is 1.27. The number of rotatable bonds is 12. The number of aliphatic hydroxyl groups excluding tert-OH is 1. The number of likely N-dealkylation sites (tertiary alicyclic amines) is 1. The van der Waals surface area contributed by atoms with Crippen LogP contribution in [0.2, 0.25) is 0 Å². The lowest BCUT2D eigenvalue weighted by atomic mass is 9.95. The average molecular weight is 489 g/mol. The SMILES string of the molecule is CCCCCCOc1ccc(C2/C(=C(\O)c3ccncc3)C(=O)C(=O)N2CCCn2ccnc2)cc1. The second kappa shape index (κ2) is 12.2. The van der Waals surface area contributed by atoms with E-state index in [4.69, 9.17) is 4.74 Å². The van der Waals surface area contributed by atoms with Crippen molar-refractivity contribution in [2.75, 3.05) is 13.2 Å². The van der Waals surface area contributed by atoms with Crippen LogP contribution < -0.4 is 4.74 Å². The molecule has 3 heterocycles. The minimum atomic E-state index is -0.695. The van der Waals surface area contributed by atoms with Crippen LogP contribution in [0.15, 0.2) is 73.1 Å². The van der Waals surface area contributed by atoms with Gasteiger partial charge in [-0.25, -0.2) is 4.98 Å². The van der Waals surface area contributed by atoms with Crippen LogP contribution in [-0.2, 0) is 16.1 Å². The predicted molar refractivity (Wildman–Crippen MR) is 136 cm³/mol. The zero-order chi connectivity index (χ0) is 25.3. The van der Waals surface area contributed by atoms with Crippen molar-refractivity contribution in [2.24, 2.45) is 0 Å². The highest BCUT2D eigenvalue weighted by Crippen LogP contribution is 2.39. The largest absolute Gasteiger partial charge is 0.507 e. The third-order valence-electron chi connectivity index (χ3n) is 6.33. The zero-order valence-corrected chi connectivity index (χ0v) is 20.5. The number of hydrogen-bond acceptors (Lipinski definition) is 6. The molecule has 1 aliphatic rings. The molecule has 0 radical (unpaired) electrons. The minimum absolute atomic E-state index is 0.0852. The van der Waals surface area contributed by atoms with Crippen molar-refractivity contribution in [1.82, 2.24) is 19.4 Å². The van der Waals surface area contributed by atoms with Gasteiger partial charge in [-0.05, 0) is 42.7 Å². The molecule has 1 N–H and O–H groups in total. The first kappa shape index (κ1) is 25.2. The van der Waals surface area contributed by atoms with Crippen molar-refractivity contribution in [1.29, 1.82) is 0 Å². The molecule has 1 fully saturated rings. The molecule has 8 nitrogen and oxygen atoms in total. The zero-order valence-electron chi connectivity index (χ0n) is 20.5. The molecule has 36 heavy (non-hydrogen) atoms. The lowest BCUT2D eigenvalue weighted by Gasteiger charge is -2.25. The fourth-order valence-corrected chi connectivity index (χ4v) is 4.43. The summed E-state index contributed by atoms with van der Waals surface area (Å²) in [5, 5.41) is 11.1. The number of ether oxygens (including phenoxy) is 1. The van der Waals surface area contributed by atoms with Crippen LogP contribution >= 0.6 is 0 Å². The number of amides is 1. The Balaban J connectivity index is 1.59. The first-order valence-electron chi connectivity index (χ1n) is 12.5. The van der Waals surface area contributed by atoms with Crippen LogP contribution in [-0.4, -0.2) is 49.4 Å². The van der Waals surface area contributed by atoms with E-state index in [1.807, 2.05) is 35.0 Å².